The fraction of sp³-hybridized carbons (Fsp3) is 0.500. The number of rotatable bonds is 5. The van der Waals surface area contributed by atoms with Gasteiger partial charge in [-0.15, -0.1) is 12.4 Å². The summed E-state index contributed by atoms with van der Waals surface area (Å²) in [6, 6.07) is 6.54. The van der Waals surface area contributed by atoms with Crippen molar-refractivity contribution in [2.45, 2.75) is 55.0 Å². The Hall–Kier alpha value is -1.48. The molecule has 25 heavy (non-hydrogen) atoms. The molecule has 0 aliphatic heterocycles. The average molecular weight is 385 g/mol. The van der Waals surface area contributed by atoms with Crippen molar-refractivity contribution in [1.82, 2.24) is 14.9 Å². The van der Waals surface area contributed by atoms with E-state index in [1.807, 2.05) is 0 Å². The SMILES string of the molecule is Cl.NC1(c2noc(-c3ccc(S(=O)(=O)NC4CC4)cc3)n2)CCCC1. The quantitative estimate of drug-likeness (QED) is 0.818. The zero-order valence-electron chi connectivity index (χ0n) is 13.6. The van der Waals surface area contributed by atoms with Crippen molar-refractivity contribution in [3.05, 3.63) is 30.1 Å². The number of hydrogen-bond acceptors (Lipinski definition) is 6. The molecule has 4 rings (SSSR count). The minimum Gasteiger partial charge on any atom is -0.334 e. The molecule has 0 radical (unpaired) electrons. The van der Waals surface area contributed by atoms with Crippen LogP contribution in [0.15, 0.2) is 33.7 Å². The number of nitrogens with one attached hydrogen (secondary N) is 1. The van der Waals surface area contributed by atoms with Crippen molar-refractivity contribution in [3.63, 3.8) is 0 Å². The Morgan fingerprint density at radius 1 is 1.16 bits per heavy atom. The fourth-order valence-corrected chi connectivity index (χ4v) is 4.34. The lowest BCUT2D eigenvalue weighted by Gasteiger charge is -2.17. The topological polar surface area (TPSA) is 111 Å². The highest BCUT2D eigenvalue weighted by atomic mass is 35.5. The summed E-state index contributed by atoms with van der Waals surface area (Å²) >= 11 is 0. The number of hydrogen-bond donors (Lipinski definition) is 2. The summed E-state index contributed by atoms with van der Waals surface area (Å²) in [7, 11) is -3.45. The number of sulfonamides is 1. The fourth-order valence-electron chi connectivity index (χ4n) is 3.04. The number of nitrogens with zero attached hydrogens (tertiary/aromatic N) is 2. The lowest BCUT2D eigenvalue weighted by atomic mass is 9.99. The van der Waals surface area contributed by atoms with Crippen LogP contribution in [-0.4, -0.2) is 24.6 Å². The average Bonchev–Trinajstić information content (AvgIpc) is 3.04. The molecule has 2 aromatic rings. The Balaban J connectivity index is 0.00000182. The van der Waals surface area contributed by atoms with E-state index in [-0.39, 0.29) is 23.3 Å². The predicted molar refractivity (Wildman–Crippen MR) is 94.7 cm³/mol. The van der Waals surface area contributed by atoms with Gasteiger partial charge in [-0.2, -0.15) is 4.98 Å². The van der Waals surface area contributed by atoms with Gasteiger partial charge in [0.05, 0.1) is 10.4 Å². The van der Waals surface area contributed by atoms with E-state index in [0.717, 1.165) is 38.5 Å². The van der Waals surface area contributed by atoms with Crippen LogP contribution in [0.25, 0.3) is 11.5 Å². The van der Waals surface area contributed by atoms with E-state index < -0.39 is 15.6 Å². The molecule has 1 heterocycles. The number of benzene rings is 1. The monoisotopic (exact) mass is 384 g/mol. The van der Waals surface area contributed by atoms with Crippen LogP contribution >= 0.6 is 12.4 Å². The summed E-state index contributed by atoms with van der Waals surface area (Å²) in [5.74, 6) is 0.892. The molecule has 2 aliphatic carbocycles. The second-order valence-corrected chi connectivity index (χ2v) is 8.42. The summed E-state index contributed by atoms with van der Waals surface area (Å²) < 4.78 is 32.3. The van der Waals surface area contributed by atoms with Crippen molar-refractivity contribution >= 4 is 22.4 Å². The molecule has 0 saturated heterocycles. The van der Waals surface area contributed by atoms with Gasteiger partial charge < -0.3 is 10.3 Å². The largest absolute Gasteiger partial charge is 0.334 e. The summed E-state index contributed by atoms with van der Waals surface area (Å²) in [6.45, 7) is 0. The second kappa shape index (κ2) is 6.68. The molecule has 0 unspecified atom stereocenters. The molecule has 1 aromatic heterocycles. The molecule has 0 spiro atoms. The van der Waals surface area contributed by atoms with E-state index in [2.05, 4.69) is 14.9 Å². The first-order chi connectivity index (χ1) is 11.5. The predicted octanol–water partition coefficient (Wildman–Crippen LogP) is 2.33. The first kappa shape index (κ1) is 18.3. The minimum absolute atomic E-state index is 0. The third-order valence-corrected chi connectivity index (χ3v) is 6.21. The van der Waals surface area contributed by atoms with Crippen LogP contribution < -0.4 is 10.5 Å². The van der Waals surface area contributed by atoms with Gasteiger partial charge in [0.1, 0.15) is 0 Å². The summed E-state index contributed by atoms with van der Waals surface area (Å²) in [4.78, 5) is 4.66. The van der Waals surface area contributed by atoms with Gasteiger partial charge in [-0.3, -0.25) is 0 Å². The zero-order valence-corrected chi connectivity index (χ0v) is 15.3. The summed E-state index contributed by atoms with van der Waals surface area (Å²) in [5.41, 5.74) is 6.51. The van der Waals surface area contributed by atoms with E-state index in [4.69, 9.17) is 10.3 Å². The molecule has 0 amide bonds. The molecule has 2 fully saturated rings. The van der Waals surface area contributed by atoms with Gasteiger partial charge in [0.15, 0.2) is 5.82 Å². The van der Waals surface area contributed by atoms with Crippen molar-refractivity contribution in [2.75, 3.05) is 0 Å². The van der Waals surface area contributed by atoms with Crippen molar-refractivity contribution < 1.29 is 12.9 Å². The lowest BCUT2D eigenvalue weighted by molar-refractivity contribution is 0.372. The van der Waals surface area contributed by atoms with E-state index in [1.165, 1.54) is 0 Å². The molecule has 2 saturated carbocycles. The van der Waals surface area contributed by atoms with Gasteiger partial charge in [-0.1, -0.05) is 18.0 Å². The molecular weight excluding hydrogens is 364 g/mol. The smallest absolute Gasteiger partial charge is 0.257 e. The van der Waals surface area contributed by atoms with Crippen molar-refractivity contribution in [2.24, 2.45) is 5.73 Å². The third kappa shape index (κ3) is 3.72. The molecule has 136 valence electrons. The maximum Gasteiger partial charge on any atom is 0.257 e. The van der Waals surface area contributed by atoms with Gasteiger partial charge >= 0.3 is 0 Å². The summed E-state index contributed by atoms with van der Waals surface area (Å²) in [6.07, 6.45) is 5.67. The van der Waals surface area contributed by atoms with Crippen LogP contribution in [0.2, 0.25) is 0 Å². The van der Waals surface area contributed by atoms with Crippen molar-refractivity contribution in [3.8, 4) is 11.5 Å². The number of nitrogens with two attached hydrogens (primary N) is 1. The molecular formula is C16H21ClN4O3S. The molecule has 2 aliphatic rings. The molecule has 0 bridgehead atoms. The van der Waals surface area contributed by atoms with Crippen LogP contribution in [0.1, 0.15) is 44.3 Å². The molecule has 9 heteroatoms. The van der Waals surface area contributed by atoms with Gasteiger partial charge in [0.2, 0.25) is 10.0 Å². The Labute approximate surface area is 152 Å². The van der Waals surface area contributed by atoms with Gasteiger partial charge in [-0.25, -0.2) is 13.1 Å². The molecule has 3 N–H and O–H groups in total. The Kier molecular flexibility index (Phi) is 4.89. The summed E-state index contributed by atoms with van der Waals surface area (Å²) in [5, 5.41) is 4.02. The van der Waals surface area contributed by atoms with Crippen LogP contribution in [-0.2, 0) is 15.6 Å². The van der Waals surface area contributed by atoms with E-state index in [9.17, 15) is 8.42 Å². The minimum atomic E-state index is -3.45. The maximum absolute atomic E-state index is 12.2. The third-order valence-electron chi connectivity index (χ3n) is 4.68. The first-order valence-corrected chi connectivity index (χ1v) is 9.70. The van der Waals surface area contributed by atoms with E-state index in [1.54, 1.807) is 24.3 Å². The number of halogens is 1. The van der Waals surface area contributed by atoms with E-state index in [0.29, 0.717) is 17.3 Å². The Bertz CT molecular complexity index is 841. The lowest BCUT2D eigenvalue weighted by Crippen LogP contribution is -2.34. The molecule has 0 atom stereocenters. The van der Waals surface area contributed by atoms with Crippen LogP contribution in [0.4, 0.5) is 0 Å². The zero-order chi connectivity index (χ0) is 16.8. The standard InChI is InChI=1S/C16H20N4O3S.ClH/c17-16(9-1-2-10-16)15-18-14(23-19-15)11-3-7-13(8-4-11)24(21,22)20-12-5-6-12;/h3-4,7-8,12,20H,1-2,5-6,9-10,17H2;1H. The van der Waals surface area contributed by atoms with Gasteiger partial charge in [-0.05, 0) is 49.9 Å². The van der Waals surface area contributed by atoms with E-state index >= 15 is 0 Å². The Morgan fingerprint density at radius 2 is 1.80 bits per heavy atom. The van der Waals surface area contributed by atoms with Crippen molar-refractivity contribution in [1.29, 1.82) is 0 Å². The number of aromatic nitrogens is 2. The second-order valence-electron chi connectivity index (χ2n) is 6.71. The van der Waals surface area contributed by atoms with Gasteiger partial charge in [0.25, 0.3) is 5.89 Å². The highest BCUT2D eigenvalue weighted by molar-refractivity contribution is 7.89. The van der Waals surface area contributed by atoms with Crippen LogP contribution in [0.3, 0.4) is 0 Å². The van der Waals surface area contributed by atoms with Crippen LogP contribution in [0.5, 0.6) is 0 Å². The normalized spacial score (nSPS) is 19.6. The van der Waals surface area contributed by atoms with Crippen LogP contribution in [0, 0.1) is 0 Å². The molecule has 1 aromatic carbocycles. The van der Waals surface area contributed by atoms with Gasteiger partial charge in [0, 0.05) is 11.6 Å². The molecule has 7 nitrogen and oxygen atoms in total. The maximum atomic E-state index is 12.2. The first-order valence-electron chi connectivity index (χ1n) is 8.22. The Morgan fingerprint density at radius 3 is 2.40 bits per heavy atom. The highest BCUT2D eigenvalue weighted by Crippen LogP contribution is 2.35. The highest BCUT2D eigenvalue weighted by Gasteiger charge is 2.36.